The van der Waals surface area contributed by atoms with Crippen molar-refractivity contribution < 1.29 is 19.1 Å². The van der Waals surface area contributed by atoms with Crippen molar-refractivity contribution in [1.29, 1.82) is 5.26 Å². The lowest BCUT2D eigenvalue weighted by molar-refractivity contribution is 0.0525. The Kier molecular flexibility index (Phi) is 5.69. The van der Waals surface area contributed by atoms with E-state index in [2.05, 4.69) is 6.07 Å². The smallest absolute Gasteiger partial charge is 0.338 e. The van der Waals surface area contributed by atoms with E-state index in [9.17, 15) is 9.59 Å². The lowest BCUT2D eigenvalue weighted by Gasteiger charge is -2.10. The zero-order chi connectivity index (χ0) is 17.5. The van der Waals surface area contributed by atoms with E-state index in [-0.39, 0.29) is 24.3 Å². The van der Waals surface area contributed by atoms with Gasteiger partial charge < -0.3 is 9.47 Å². The standard InChI is InChI=1S/C19H17NO4/c1-3-23-18(21)16-9-15(10-17(11-16)19(22)24-4-2)14-7-5-6-13(8-14)12-20/h5-11H,3-4H2,1-2H3. The normalized spacial score (nSPS) is 9.88. The number of esters is 2. The molecule has 0 aromatic heterocycles. The van der Waals surface area contributed by atoms with Gasteiger partial charge in [0.15, 0.2) is 0 Å². The quantitative estimate of drug-likeness (QED) is 0.786. The number of rotatable bonds is 5. The Labute approximate surface area is 140 Å². The lowest BCUT2D eigenvalue weighted by atomic mass is 9.98. The van der Waals surface area contributed by atoms with Crippen LogP contribution in [0.25, 0.3) is 11.1 Å². The maximum atomic E-state index is 12.1. The minimum absolute atomic E-state index is 0.238. The van der Waals surface area contributed by atoms with E-state index < -0.39 is 11.9 Å². The van der Waals surface area contributed by atoms with Gasteiger partial charge in [0, 0.05) is 0 Å². The molecule has 0 N–H and O–H groups in total. The average Bonchev–Trinajstić information content (AvgIpc) is 2.61. The van der Waals surface area contributed by atoms with Crippen LogP contribution >= 0.6 is 0 Å². The van der Waals surface area contributed by atoms with E-state index in [0.29, 0.717) is 11.1 Å². The van der Waals surface area contributed by atoms with Gasteiger partial charge in [0.1, 0.15) is 0 Å². The van der Waals surface area contributed by atoms with Gasteiger partial charge in [-0.3, -0.25) is 0 Å². The number of nitrogens with zero attached hydrogens (tertiary/aromatic N) is 1. The topological polar surface area (TPSA) is 76.4 Å². The Morgan fingerprint density at radius 1 is 0.917 bits per heavy atom. The SMILES string of the molecule is CCOC(=O)c1cc(C(=O)OCC)cc(-c2cccc(C#N)c2)c1. The number of carbonyl (C=O) groups is 2. The average molecular weight is 323 g/mol. The van der Waals surface area contributed by atoms with Crippen LogP contribution in [0.1, 0.15) is 40.1 Å². The first-order valence-electron chi connectivity index (χ1n) is 7.59. The molecule has 2 rings (SSSR count). The molecule has 0 atom stereocenters. The first-order chi connectivity index (χ1) is 11.6. The van der Waals surface area contributed by atoms with Crippen molar-refractivity contribution in [3.05, 3.63) is 59.2 Å². The van der Waals surface area contributed by atoms with Crippen LogP contribution in [0.4, 0.5) is 0 Å². The first kappa shape index (κ1) is 17.2. The van der Waals surface area contributed by atoms with Gasteiger partial charge in [-0.2, -0.15) is 5.26 Å². The molecule has 2 aromatic carbocycles. The van der Waals surface area contributed by atoms with Gasteiger partial charge in [0.05, 0.1) is 36.0 Å². The molecule has 2 aromatic rings. The molecule has 122 valence electrons. The fourth-order valence-corrected chi connectivity index (χ4v) is 2.23. The van der Waals surface area contributed by atoms with Crippen molar-refractivity contribution in [3.8, 4) is 17.2 Å². The summed E-state index contributed by atoms with van der Waals surface area (Å²) in [4.78, 5) is 24.1. The number of hydrogen-bond acceptors (Lipinski definition) is 5. The zero-order valence-corrected chi connectivity index (χ0v) is 13.5. The maximum Gasteiger partial charge on any atom is 0.338 e. The summed E-state index contributed by atoms with van der Waals surface area (Å²) in [6, 6.07) is 13.7. The van der Waals surface area contributed by atoms with Crippen LogP contribution in [0.3, 0.4) is 0 Å². The molecule has 0 saturated carbocycles. The van der Waals surface area contributed by atoms with Crippen LogP contribution in [0.2, 0.25) is 0 Å². The molecule has 5 nitrogen and oxygen atoms in total. The van der Waals surface area contributed by atoms with Crippen molar-refractivity contribution in [2.75, 3.05) is 13.2 Å². The Morgan fingerprint density at radius 2 is 1.50 bits per heavy atom. The third-order valence-electron chi connectivity index (χ3n) is 3.28. The molecular weight excluding hydrogens is 306 g/mol. The van der Waals surface area contributed by atoms with Gasteiger partial charge in [-0.15, -0.1) is 0 Å². The highest BCUT2D eigenvalue weighted by Gasteiger charge is 2.15. The van der Waals surface area contributed by atoms with E-state index in [1.54, 1.807) is 50.2 Å². The Morgan fingerprint density at radius 3 is 2.00 bits per heavy atom. The van der Waals surface area contributed by atoms with E-state index in [1.165, 1.54) is 6.07 Å². The molecule has 0 bridgehead atoms. The van der Waals surface area contributed by atoms with Crippen LogP contribution in [0.15, 0.2) is 42.5 Å². The van der Waals surface area contributed by atoms with Crippen LogP contribution in [-0.4, -0.2) is 25.2 Å². The lowest BCUT2D eigenvalue weighted by Crippen LogP contribution is -2.09. The summed E-state index contributed by atoms with van der Waals surface area (Å²) in [5.41, 5.74) is 2.39. The predicted molar refractivity (Wildman–Crippen MR) is 88.5 cm³/mol. The molecule has 0 heterocycles. The summed E-state index contributed by atoms with van der Waals surface area (Å²) in [6.07, 6.45) is 0. The number of nitriles is 1. The molecule has 5 heteroatoms. The first-order valence-corrected chi connectivity index (χ1v) is 7.59. The fourth-order valence-electron chi connectivity index (χ4n) is 2.23. The molecule has 0 fully saturated rings. The van der Waals surface area contributed by atoms with E-state index in [4.69, 9.17) is 14.7 Å². The van der Waals surface area contributed by atoms with Gasteiger partial charge >= 0.3 is 11.9 Å². The van der Waals surface area contributed by atoms with Crippen LogP contribution in [0, 0.1) is 11.3 Å². The van der Waals surface area contributed by atoms with Crippen molar-refractivity contribution in [2.45, 2.75) is 13.8 Å². The van der Waals surface area contributed by atoms with Crippen LogP contribution in [-0.2, 0) is 9.47 Å². The molecular formula is C19H17NO4. The third kappa shape index (κ3) is 3.99. The summed E-state index contributed by atoms with van der Waals surface area (Å²) >= 11 is 0. The highest BCUT2D eigenvalue weighted by atomic mass is 16.5. The molecule has 24 heavy (non-hydrogen) atoms. The summed E-state index contributed by atoms with van der Waals surface area (Å²) in [5.74, 6) is -1.03. The molecule has 0 saturated heterocycles. The van der Waals surface area contributed by atoms with Crippen molar-refractivity contribution >= 4 is 11.9 Å². The molecule has 0 spiro atoms. The monoisotopic (exact) mass is 323 g/mol. The van der Waals surface area contributed by atoms with Crippen LogP contribution in [0.5, 0.6) is 0 Å². The fraction of sp³-hybridized carbons (Fsp3) is 0.211. The second-order valence-corrected chi connectivity index (χ2v) is 4.93. The minimum Gasteiger partial charge on any atom is -0.462 e. The molecule has 0 unspecified atom stereocenters. The highest BCUT2D eigenvalue weighted by Crippen LogP contribution is 2.24. The van der Waals surface area contributed by atoms with Gasteiger partial charge in [-0.05, 0) is 55.3 Å². The van der Waals surface area contributed by atoms with Crippen molar-refractivity contribution in [1.82, 2.24) is 0 Å². The van der Waals surface area contributed by atoms with E-state index in [1.807, 2.05) is 0 Å². The van der Waals surface area contributed by atoms with Gasteiger partial charge in [-0.1, -0.05) is 12.1 Å². The summed E-state index contributed by atoms with van der Waals surface area (Å²) in [5, 5.41) is 9.04. The summed E-state index contributed by atoms with van der Waals surface area (Å²) in [6.45, 7) is 3.90. The molecule has 0 aliphatic rings. The largest absolute Gasteiger partial charge is 0.462 e. The van der Waals surface area contributed by atoms with E-state index >= 15 is 0 Å². The Bertz CT molecular complexity index is 769. The number of benzene rings is 2. The highest BCUT2D eigenvalue weighted by molar-refractivity contribution is 5.97. The molecule has 0 amide bonds. The number of ether oxygens (including phenoxy) is 2. The van der Waals surface area contributed by atoms with Gasteiger partial charge in [-0.25, -0.2) is 9.59 Å². The van der Waals surface area contributed by atoms with Crippen LogP contribution < -0.4 is 0 Å². The molecule has 0 aliphatic heterocycles. The van der Waals surface area contributed by atoms with E-state index in [0.717, 1.165) is 5.56 Å². The Balaban J connectivity index is 2.55. The number of hydrogen-bond donors (Lipinski definition) is 0. The summed E-state index contributed by atoms with van der Waals surface area (Å²) in [7, 11) is 0. The van der Waals surface area contributed by atoms with Gasteiger partial charge in [0.25, 0.3) is 0 Å². The Hall–Kier alpha value is -3.13. The zero-order valence-electron chi connectivity index (χ0n) is 13.5. The molecule has 0 radical (unpaired) electrons. The molecule has 0 aliphatic carbocycles. The van der Waals surface area contributed by atoms with Crippen molar-refractivity contribution in [3.63, 3.8) is 0 Å². The second kappa shape index (κ2) is 7.93. The second-order valence-electron chi connectivity index (χ2n) is 4.93. The summed E-state index contributed by atoms with van der Waals surface area (Å²) < 4.78 is 10.0. The number of carbonyl (C=O) groups excluding carboxylic acids is 2. The van der Waals surface area contributed by atoms with Crippen molar-refractivity contribution in [2.24, 2.45) is 0 Å². The van der Waals surface area contributed by atoms with Gasteiger partial charge in [0.2, 0.25) is 0 Å². The third-order valence-corrected chi connectivity index (χ3v) is 3.28. The predicted octanol–water partition coefficient (Wildman–Crippen LogP) is 3.58. The minimum atomic E-state index is -0.513. The maximum absolute atomic E-state index is 12.1.